The van der Waals surface area contributed by atoms with Crippen molar-refractivity contribution in [1.82, 2.24) is 9.80 Å². The van der Waals surface area contributed by atoms with Crippen molar-refractivity contribution in [2.45, 2.75) is 31.8 Å². The van der Waals surface area contributed by atoms with Gasteiger partial charge in [-0.1, -0.05) is 18.2 Å². The first-order valence-corrected chi connectivity index (χ1v) is 12.9. The second-order valence-corrected chi connectivity index (χ2v) is 9.86. The molecule has 0 saturated carbocycles. The standard InChI is InChI=1S/C28H33FN2O3S/c1-30(28(32)22-12-15-35-19-22)26(17-21-6-4-5-7-25(21)29)20-10-13-31(14-11-20)18-23-16-24(33-2)8-9-27(23)34-3/h4-9,12,15-16,19-20,26H,10-11,13-14,17-18H2,1-3H3. The average Bonchev–Trinajstić information content (AvgIpc) is 3.43. The number of thiophene rings is 1. The van der Waals surface area contributed by atoms with E-state index in [4.69, 9.17) is 9.47 Å². The quantitative estimate of drug-likeness (QED) is 0.392. The van der Waals surface area contributed by atoms with Crippen LogP contribution in [-0.2, 0) is 13.0 Å². The third-order valence-corrected chi connectivity index (χ3v) is 7.71. The lowest BCUT2D eigenvalue weighted by atomic mass is 9.84. The number of carbonyl (C=O) groups excluding carboxylic acids is 1. The Morgan fingerprint density at radius 2 is 1.89 bits per heavy atom. The third kappa shape index (κ3) is 6.03. The Kier molecular flexibility index (Phi) is 8.42. The fourth-order valence-corrected chi connectivity index (χ4v) is 5.62. The minimum absolute atomic E-state index is 0.00358. The van der Waals surface area contributed by atoms with Crippen LogP contribution in [0.5, 0.6) is 11.5 Å². The van der Waals surface area contributed by atoms with Crippen molar-refractivity contribution >= 4 is 17.2 Å². The molecule has 1 amide bonds. The van der Waals surface area contributed by atoms with Crippen LogP contribution in [0.3, 0.4) is 0 Å². The van der Waals surface area contributed by atoms with E-state index in [9.17, 15) is 9.18 Å². The number of ether oxygens (including phenoxy) is 2. The molecule has 1 aromatic heterocycles. The van der Waals surface area contributed by atoms with Gasteiger partial charge < -0.3 is 14.4 Å². The number of methoxy groups -OCH3 is 2. The van der Waals surface area contributed by atoms with E-state index in [0.717, 1.165) is 49.5 Å². The van der Waals surface area contributed by atoms with E-state index in [2.05, 4.69) is 4.90 Å². The van der Waals surface area contributed by atoms with Crippen molar-refractivity contribution < 1.29 is 18.7 Å². The van der Waals surface area contributed by atoms with Crippen LogP contribution < -0.4 is 9.47 Å². The number of amides is 1. The average molecular weight is 497 g/mol. The van der Waals surface area contributed by atoms with Crippen molar-refractivity contribution in [1.29, 1.82) is 0 Å². The van der Waals surface area contributed by atoms with Crippen LogP contribution in [0.4, 0.5) is 4.39 Å². The molecule has 0 N–H and O–H groups in total. The highest BCUT2D eigenvalue weighted by Crippen LogP contribution is 2.31. The smallest absolute Gasteiger partial charge is 0.254 e. The molecule has 0 aliphatic carbocycles. The van der Waals surface area contributed by atoms with E-state index >= 15 is 0 Å². The summed E-state index contributed by atoms with van der Waals surface area (Å²) in [5.41, 5.74) is 2.45. The van der Waals surface area contributed by atoms with E-state index in [0.29, 0.717) is 17.5 Å². The highest BCUT2D eigenvalue weighted by Gasteiger charge is 2.32. The topological polar surface area (TPSA) is 42.0 Å². The number of halogens is 1. The molecule has 2 aromatic carbocycles. The Hall–Kier alpha value is -2.90. The summed E-state index contributed by atoms with van der Waals surface area (Å²) in [4.78, 5) is 17.4. The van der Waals surface area contributed by atoms with Crippen molar-refractivity contribution in [2.75, 3.05) is 34.4 Å². The van der Waals surface area contributed by atoms with Gasteiger partial charge in [0.25, 0.3) is 5.91 Å². The zero-order valence-electron chi connectivity index (χ0n) is 20.6. The van der Waals surface area contributed by atoms with Gasteiger partial charge in [0, 0.05) is 30.6 Å². The number of likely N-dealkylation sites (tertiary alicyclic amines) is 1. The third-order valence-electron chi connectivity index (χ3n) is 7.03. The van der Waals surface area contributed by atoms with Gasteiger partial charge in [0.1, 0.15) is 17.3 Å². The lowest BCUT2D eigenvalue weighted by Crippen LogP contribution is -2.47. The van der Waals surface area contributed by atoms with Gasteiger partial charge in [0.2, 0.25) is 0 Å². The highest BCUT2D eigenvalue weighted by atomic mass is 32.1. The van der Waals surface area contributed by atoms with Gasteiger partial charge in [0.05, 0.1) is 19.8 Å². The molecular formula is C28H33FN2O3S. The molecule has 0 spiro atoms. The van der Waals surface area contributed by atoms with Gasteiger partial charge >= 0.3 is 0 Å². The summed E-state index contributed by atoms with van der Waals surface area (Å²) < 4.78 is 25.5. The van der Waals surface area contributed by atoms with Gasteiger partial charge in [-0.15, -0.1) is 0 Å². The molecule has 1 fully saturated rings. The number of hydrogen-bond acceptors (Lipinski definition) is 5. The van der Waals surface area contributed by atoms with Gasteiger partial charge in [-0.2, -0.15) is 11.3 Å². The molecule has 0 radical (unpaired) electrons. The zero-order chi connectivity index (χ0) is 24.8. The molecule has 186 valence electrons. The first kappa shape index (κ1) is 25.2. The van der Waals surface area contributed by atoms with Crippen LogP contribution in [0.25, 0.3) is 0 Å². The molecule has 1 atom stereocenters. The van der Waals surface area contributed by atoms with E-state index in [1.54, 1.807) is 20.3 Å². The second-order valence-electron chi connectivity index (χ2n) is 9.08. The fourth-order valence-electron chi connectivity index (χ4n) is 4.99. The van der Waals surface area contributed by atoms with Crippen molar-refractivity contribution in [3.05, 3.63) is 81.8 Å². The lowest BCUT2D eigenvalue weighted by Gasteiger charge is -2.40. The summed E-state index contributed by atoms with van der Waals surface area (Å²) in [6.07, 6.45) is 2.38. The maximum absolute atomic E-state index is 14.6. The van der Waals surface area contributed by atoms with E-state index in [-0.39, 0.29) is 23.7 Å². The van der Waals surface area contributed by atoms with Crippen LogP contribution in [-0.4, -0.2) is 56.1 Å². The molecule has 4 rings (SSSR count). The Morgan fingerprint density at radius 3 is 2.54 bits per heavy atom. The Labute approximate surface area is 211 Å². The Bertz CT molecular complexity index is 1110. The molecule has 2 heterocycles. The van der Waals surface area contributed by atoms with Crippen LogP contribution in [0.15, 0.2) is 59.3 Å². The lowest BCUT2D eigenvalue weighted by molar-refractivity contribution is 0.0583. The SMILES string of the molecule is COc1ccc(OC)c(CN2CCC(C(Cc3ccccc3F)N(C)C(=O)c3ccsc3)CC2)c1. The minimum atomic E-state index is -0.212. The molecule has 0 bridgehead atoms. The summed E-state index contributed by atoms with van der Waals surface area (Å²) in [5.74, 6) is 1.74. The van der Waals surface area contributed by atoms with Crippen LogP contribution >= 0.6 is 11.3 Å². The second kappa shape index (κ2) is 11.7. The monoisotopic (exact) mass is 496 g/mol. The number of likely N-dealkylation sites (N-methyl/N-ethyl adjacent to an activating group) is 1. The molecule has 1 saturated heterocycles. The molecule has 1 aliphatic rings. The molecule has 1 unspecified atom stereocenters. The molecule has 5 nitrogen and oxygen atoms in total. The van der Waals surface area contributed by atoms with Gasteiger partial charge in [0.15, 0.2) is 0 Å². The van der Waals surface area contributed by atoms with Gasteiger partial charge in [-0.3, -0.25) is 9.69 Å². The summed E-state index contributed by atoms with van der Waals surface area (Å²) in [7, 11) is 5.21. The van der Waals surface area contributed by atoms with E-state index in [1.807, 2.05) is 59.1 Å². The van der Waals surface area contributed by atoms with Crippen LogP contribution in [0.1, 0.15) is 34.3 Å². The van der Waals surface area contributed by atoms with E-state index in [1.165, 1.54) is 17.4 Å². The first-order valence-electron chi connectivity index (χ1n) is 12.0. The van der Waals surface area contributed by atoms with Crippen molar-refractivity contribution in [3.63, 3.8) is 0 Å². The summed E-state index contributed by atoms with van der Waals surface area (Å²) in [5, 5.41) is 3.79. The predicted octanol–water partition coefficient (Wildman–Crippen LogP) is 5.50. The Balaban J connectivity index is 1.48. The fraction of sp³-hybridized carbons (Fsp3) is 0.393. The maximum atomic E-state index is 14.6. The van der Waals surface area contributed by atoms with Crippen molar-refractivity contribution in [2.24, 2.45) is 5.92 Å². The molecule has 3 aromatic rings. The highest BCUT2D eigenvalue weighted by molar-refractivity contribution is 7.08. The molecular weight excluding hydrogens is 463 g/mol. The van der Waals surface area contributed by atoms with Crippen LogP contribution in [0.2, 0.25) is 0 Å². The number of nitrogens with zero attached hydrogens (tertiary/aromatic N) is 2. The molecule has 1 aliphatic heterocycles. The first-order chi connectivity index (χ1) is 17.0. The van der Waals surface area contributed by atoms with E-state index < -0.39 is 0 Å². The maximum Gasteiger partial charge on any atom is 0.254 e. The molecule has 7 heteroatoms. The number of rotatable bonds is 9. The predicted molar refractivity (Wildman–Crippen MR) is 138 cm³/mol. The van der Waals surface area contributed by atoms with Crippen LogP contribution in [0, 0.1) is 11.7 Å². The number of piperidine rings is 1. The van der Waals surface area contributed by atoms with Crippen molar-refractivity contribution in [3.8, 4) is 11.5 Å². The number of hydrogen-bond donors (Lipinski definition) is 0. The zero-order valence-corrected chi connectivity index (χ0v) is 21.4. The normalized spacial score (nSPS) is 15.5. The summed E-state index contributed by atoms with van der Waals surface area (Å²) in [6, 6.07) is 14.5. The summed E-state index contributed by atoms with van der Waals surface area (Å²) >= 11 is 1.51. The number of carbonyl (C=O) groups is 1. The van der Waals surface area contributed by atoms with Gasteiger partial charge in [-0.25, -0.2) is 4.39 Å². The number of benzene rings is 2. The Morgan fingerprint density at radius 1 is 1.11 bits per heavy atom. The largest absolute Gasteiger partial charge is 0.497 e. The molecule has 35 heavy (non-hydrogen) atoms. The summed E-state index contributed by atoms with van der Waals surface area (Å²) in [6.45, 7) is 2.58. The van der Waals surface area contributed by atoms with Gasteiger partial charge in [-0.05, 0) is 79.5 Å². The minimum Gasteiger partial charge on any atom is -0.497 e.